The molecule has 0 aliphatic rings. The van der Waals surface area contributed by atoms with Crippen molar-refractivity contribution in [3.63, 3.8) is 0 Å². The van der Waals surface area contributed by atoms with E-state index in [1.807, 2.05) is 0 Å². The van der Waals surface area contributed by atoms with Crippen molar-refractivity contribution in [2.75, 3.05) is 14.1 Å². The Morgan fingerprint density at radius 3 is 1.86 bits per heavy atom. The molecule has 0 aromatic rings. The molecule has 1 N–H and O–H groups in total. The number of rotatable bonds is 6. The van der Waals surface area contributed by atoms with Crippen LogP contribution < -0.4 is 5.32 Å². The molecule has 0 amide bonds. The van der Waals surface area contributed by atoms with E-state index in [2.05, 4.69) is 58.9 Å². The van der Waals surface area contributed by atoms with Gasteiger partial charge in [0, 0.05) is 18.1 Å². The van der Waals surface area contributed by atoms with Gasteiger partial charge in [-0.25, -0.2) is 0 Å². The molecule has 0 rings (SSSR count). The lowest BCUT2D eigenvalue weighted by atomic mass is 9.99. The van der Waals surface area contributed by atoms with Crippen LogP contribution in [0.4, 0.5) is 0 Å². The zero-order valence-electron chi connectivity index (χ0n) is 11.0. The van der Waals surface area contributed by atoms with Gasteiger partial charge in [0.05, 0.1) is 0 Å². The average Bonchev–Trinajstić information content (AvgIpc) is 2.17. The maximum absolute atomic E-state index is 3.38. The standard InChI is InChI=1S/C12H28N2/c1-8-12(13-6)11(5)14(7)10(4)9(2)3/h9-13H,8H2,1-7H3. The van der Waals surface area contributed by atoms with Gasteiger partial charge in [0.1, 0.15) is 0 Å². The van der Waals surface area contributed by atoms with Crippen molar-refractivity contribution in [2.45, 2.75) is 59.2 Å². The summed E-state index contributed by atoms with van der Waals surface area (Å²) in [6, 6.07) is 1.84. The third-order valence-electron chi connectivity index (χ3n) is 3.64. The second-order valence-electron chi connectivity index (χ2n) is 4.69. The predicted molar refractivity (Wildman–Crippen MR) is 64.7 cm³/mol. The highest BCUT2D eigenvalue weighted by Crippen LogP contribution is 2.14. The van der Waals surface area contributed by atoms with Crippen molar-refractivity contribution in [1.29, 1.82) is 0 Å². The van der Waals surface area contributed by atoms with E-state index in [4.69, 9.17) is 0 Å². The van der Waals surface area contributed by atoms with Crippen molar-refractivity contribution in [2.24, 2.45) is 5.92 Å². The van der Waals surface area contributed by atoms with E-state index in [9.17, 15) is 0 Å². The van der Waals surface area contributed by atoms with Crippen LogP contribution in [0, 0.1) is 5.92 Å². The Morgan fingerprint density at radius 1 is 1.07 bits per heavy atom. The van der Waals surface area contributed by atoms with Crippen LogP contribution in [0.5, 0.6) is 0 Å². The van der Waals surface area contributed by atoms with Gasteiger partial charge in [-0.05, 0) is 40.3 Å². The topological polar surface area (TPSA) is 15.3 Å². The Hall–Kier alpha value is -0.0800. The van der Waals surface area contributed by atoms with E-state index >= 15 is 0 Å². The van der Waals surface area contributed by atoms with Gasteiger partial charge in [0.25, 0.3) is 0 Å². The Labute approximate surface area is 90.1 Å². The normalized spacial score (nSPS) is 18.6. The summed E-state index contributed by atoms with van der Waals surface area (Å²) in [6.45, 7) is 11.4. The molecule has 0 spiro atoms. The molecule has 0 fully saturated rings. The zero-order valence-corrected chi connectivity index (χ0v) is 11.0. The molecule has 3 unspecified atom stereocenters. The monoisotopic (exact) mass is 200 g/mol. The number of hydrogen-bond acceptors (Lipinski definition) is 2. The first-order valence-electron chi connectivity index (χ1n) is 5.84. The molecule has 14 heavy (non-hydrogen) atoms. The molecule has 3 atom stereocenters. The summed E-state index contributed by atoms with van der Waals surface area (Å²) >= 11 is 0. The van der Waals surface area contributed by atoms with Crippen molar-refractivity contribution in [3.05, 3.63) is 0 Å². The van der Waals surface area contributed by atoms with Crippen molar-refractivity contribution >= 4 is 0 Å². The van der Waals surface area contributed by atoms with Crippen LogP contribution in [0.25, 0.3) is 0 Å². The molecule has 0 saturated carbocycles. The number of nitrogens with one attached hydrogen (secondary N) is 1. The Balaban J connectivity index is 4.28. The summed E-state index contributed by atoms with van der Waals surface area (Å²) in [5.74, 6) is 0.719. The SMILES string of the molecule is CCC(NC)C(C)N(C)C(C)C(C)C. The Bertz CT molecular complexity index is 135. The highest BCUT2D eigenvalue weighted by molar-refractivity contribution is 4.81. The summed E-state index contributed by atoms with van der Waals surface area (Å²) in [7, 11) is 4.29. The van der Waals surface area contributed by atoms with E-state index in [0.29, 0.717) is 18.1 Å². The Morgan fingerprint density at radius 2 is 1.57 bits per heavy atom. The third kappa shape index (κ3) is 3.58. The first-order chi connectivity index (χ1) is 6.45. The molecule has 2 heteroatoms. The fourth-order valence-corrected chi connectivity index (χ4v) is 1.91. The minimum absolute atomic E-state index is 0.598. The molecular weight excluding hydrogens is 172 g/mol. The first kappa shape index (κ1) is 13.9. The maximum Gasteiger partial charge on any atom is 0.0220 e. The number of hydrogen-bond donors (Lipinski definition) is 1. The summed E-state index contributed by atoms with van der Waals surface area (Å²) in [6.07, 6.45) is 1.19. The van der Waals surface area contributed by atoms with Gasteiger partial charge in [-0.3, -0.25) is 4.90 Å². The zero-order chi connectivity index (χ0) is 11.3. The first-order valence-corrected chi connectivity index (χ1v) is 5.84. The van der Waals surface area contributed by atoms with Gasteiger partial charge >= 0.3 is 0 Å². The minimum Gasteiger partial charge on any atom is -0.315 e. The molecule has 0 aliphatic heterocycles. The Kier molecular flexibility index (Phi) is 6.38. The van der Waals surface area contributed by atoms with E-state index in [1.165, 1.54) is 6.42 Å². The largest absolute Gasteiger partial charge is 0.315 e. The molecular formula is C12H28N2. The molecule has 86 valence electrons. The summed E-state index contributed by atoms with van der Waals surface area (Å²) in [4.78, 5) is 2.48. The molecule has 0 heterocycles. The summed E-state index contributed by atoms with van der Waals surface area (Å²) < 4.78 is 0. The molecule has 0 bridgehead atoms. The molecule has 2 nitrogen and oxygen atoms in total. The van der Waals surface area contributed by atoms with Gasteiger partial charge in [-0.15, -0.1) is 0 Å². The van der Waals surface area contributed by atoms with Crippen molar-refractivity contribution in [1.82, 2.24) is 10.2 Å². The molecule has 0 aromatic carbocycles. The van der Waals surface area contributed by atoms with Gasteiger partial charge in [0.2, 0.25) is 0 Å². The third-order valence-corrected chi connectivity index (χ3v) is 3.64. The lowest BCUT2D eigenvalue weighted by Crippen LogP contribution is -2.49. The minimum atomic E-state index is 0.598. The van der Waals surface area contributed by atoms with Crippen LogP contribution in [0.2, 0.25) is 0 Å². The van der Waals surface area contributed by atoms with Crippen LogP contribution in [-0.4, -0.2) is 37.1 Å². The predicted octanol–water partition coefficient (Wildman–Crippen LogP) is 2.35. The maximum atomic E-state index is 3.38. The summed E-state index contributed by atoms with van der Waals surface area (Å²) in [5, 5.41) is 3.38. The molecule has 0 aromatic heterocycles. The fourth-order valence-electron chi connectivity index (χ4n) is 1.91. The second kappa shape index (κ2) is 6.41. The van der Waals surface area contributed by atoms with Crippen molar-refractivity contribution < 1.29 is 0 Å². The lowest BCUT2D eigenvalue weighted by molar-refractivity contribution is 0.130. The number of nitrogens with zero attached hydrogens (tertiary/aromatic N) is 1. The summed E-state index contributed by atoms with van der Waals surface area (Å²) in [5.41, 5.74) is 0. The fraction of sp³-hybridized carbons (Fsp3) is 1.00. The van der Waals surface area contributed by atoms with Crippen molar-refractivity contribution in [3.8, 4) is 0 Å². The second-order valence-corrected chi connectivity index (χ2v) is 4.69. The van der Waals surface area contributed by atoms with Crippen LogP contribution in [0.3, 0.4) is 0 Å². The lowest BCUT2D eigenvalue weighted by Gasteiger charge is -2.37. The molecule has 0 saturated heterocycles. The number of likely N-dealkylation sites (N-methyl/N-ethyl adjacent to an activating group) is 2. The van der Waals surface area contributed by atoms with Crippen LogP contribution >= 0.6 is 0 Å². The quantitative estimate of drug-likeness (QED) is 0.708. The molecule has 0 radical (unpaired) electrons. The van der Waals surface area contributed by atoms with Gasteiger partial charge in [-0.2, -0.15) is 0 Å². The van der Waals surface area contributed by atoms with E-state index < -0.39 is 0 Å². The van der Waals surface area contributed by atoms with Gasteiger partial charge < -0.3 is 5.32 Å². The van der Waals surface area contributed by atoms with E-state index in [1.54, 1.807) is 0 Å². The van der Waals surface area contributed by atoms with Gasteiger partial charge in [-0.1, -0.05) is 20.8 Å². The van der Waals surface area contributed by atoms with Crippen LogP contribution in [0.15, 0.2) is 0 Å². The molecule has 0 aliphatic carbocycles. The van der Waals surface area contributed by atoms with Crippen LogP contribution in [-0.2, 0) is 0 Å². The smallest absolute Gasteiger partial charge is 0.0220 e. The van der Waals surface area contributed by atoms with E-state index in [0.717, 1.165) is 5.92 Å². The van der Waals surface area contributed by atoms with E-state index in [-0.39, 0.29) is 0 Å². The van der Waals surface area contributed by atoms with Gasteiger partial charge in [0.15, 0.2) is 0 Å². The highest BCUT2D eigenvalue weighted by Gasteiger charge is 2.23. The highest BCUT2D eigenvalue weighted by atomic mass is 15.2. The van der Waals surface area contributed by atoms with Crippen LogP contribution in [0.1, 0.15) is 41.0 Å². The average molecular weight is 200 g/mol.